The third-order valence-corrected chi connectivity index (χ3v) is 4.34. The zero-order valence-electron chi connectivity index (χ0n) is 11.8. The third-order valence-electron chi connectivity index (χ3n) is 4.34. The Morgan fingerprint density at radius 3 is 2.55 bits per heavy atom. The van der Waals surface area contributed by atoms with E-state index in [9.17, 15) is 5.11 Å². The molecule has 3 nitrogen and oxygen atoms in total. The molecule has 0 radical (unpaired) electrons. The van der Waals surface area contributed by atoms with E-state index in [-0.39, 0.29) is 0 Å². The Morgan fingerprint density at radius 2 is 1.90 bits per heavy atom. The molecule has 1 aliphatic carbocycles. The van der Waals surface area contributed by atoms with E-state index in [2.05, 4.69) is 29.2 Å². The predicted molar refractivity (Wildman–Crippen MR) is 79.5 cm³/mol. The summed E-state index contributed by atoms with van der Waals surface area (Å²) in [4.78, 5) is 4.00. The Balaban J connectivity index is 1.65. The van der Waals surface area contributed by atoms with Crippen LogP contribution in [0.25, 0.3) is 0 Å². The van der Waals surface area contributed by atoms with Gasteiger partial charge in [0.15, 0.2) is 0 Å². The molecule has 0 spiro atoms. The summed E-state index contributed by atoms with van der Waals surface area (Å²) in [6.07, 6.45) is 11.6. The monoisotopic (exact) mass is 270 g/mol. The maximum atomic E-state index is 10.2. The summed E-state index contributed by atoms with van der Waals surface area (Å²) in [5.74, 6) is 0.726. The highest BCUT2D eigenvalue weighted by atomic mass is 16.3. The van der Waals surface area contributed by atoms with Crippen LogP contribution in [0.4, 0.5) is 0 Å². The second-order valence-corrected chi connectivity index (χ2v) is 5.78. The van der Waals surface area contributed by atoms with Crippen molar-refractivity contribution in [3.05, 3.63) is 54.1 Å². The molecule has 1 aromatic heterocycles. The van der Waals surface area contributed by atoms with Crippen LogP contribution in [-0.2, 0) is 6.54 Å². The molecule has 1 aliphatic rings. The van der Waals surface area contributed by atoms with Crippen molar-refractivity contribution >= 4 is 0 Å². The first-order valence-corrected chi connectivity index (χ1v) is 7.56. The summed E-state index contributed by atoms with van der Waals surface area (Å²) in [7, 11) is 0. The van der Waals surface area contributed by atoms with Crippen LogP contribution in [0.1, 0.15) is 55.3 Å². The van der Waals surface area contributed by atoms with E-state index in [0.717, 1.165) is 11.5 Å². The lowest BCUT2D eigenvalue weighted by molar-refractivity contribution is 0.156. The van der Waals surface area contributed by atoms with Crippen molar-refractivity contribution in [2.45, 2.75) is 50.7 Å². The fraction of sp³-hybridized carbons (Fsp3) is 0.471. The van der Waals surface area contributed by atoms with Crippen molar-refractivity contribution in [1.29, 1.82) is 0 Å². The number of benzene rings is 1. The van der Waals surface area contributed by atoms with E-state index in [1.807, 2.05) is 10.8 Å². The fourth-order valence-electron chi connectivity index (χ4n) is 3.13. The van der Waals surface area contributed by atoms with E-state index in [0.29, 0.717) is 6.54 Å². The minimum atomic E-state index is -0.468. The van der Waals surface area contributed by atoms with E-state index >= 15 is 0 Å². The minimum absolute atomic E-state index is 0.468. The second kappa shape index (κ2) is 6.23. The lowest BCUT2D eigenvalue weighted by atomic mass is 9.84. The summed E-state index contributed by atoms with van der Waals surface area (Å²) >= 11 is 0. The SMILES string of the molecule is O[C@H](Cn1ccnc1)c1ccc(C2CCCCC2)cc1. The van der Waals surface area contributed by atoms with Gasteiger partial charge in [-0.25, -0.2) is 4.98 Å². The van der Waals surface area contributed by atoms with Crippen molar-refractivity contribution in [3.63, 3.8) is 0 Å². The highest BCUT2D eigenvalue weighted by Gasteiger charge is 2.16. The normalized spacial score (nSPS) is 18.1. The van der Waals surface area contributed by atoms with Gasteiger partial charge in [-0.3, -0.25) is 0 Å². The van der Waals surface area contributed by atoms with Crippen molar-refractivity contribution in [2.24, 2.45) is 0 Å². The van der Waals surface area contributed by atoms with Crippen LogP contribution in [-0.4, -0.2) is 14.7 Å². The number of aliphatic hydroxyl groups is 1. The molecule has 0 amide bonds. The quantitative estimate of drug-likeness (QED) is 0.920. The predicted octanol–water partition coefficient (Wildman–Crippen LogP) is 3.66. The maximum absolute atomic E-state index is 10.2. The van der Waals surface area contributed by atoms with Gasteiger partial charge >= 0.3 is 0 Å². The zero-order valence-corrected chi connectivity index (χ0v) is 11.8. The van der Waals surface area contributed by atoms with E-state index in [1.54, 1.807) is 12.5 Å². The van der Waals surface area contributed by atoms with Gasteiger partial charge in [-0.1, -0.05) is 43.5 Å². The molecule has 3 rings (SSSR count). The molecule has 0 saturated heterocycles. The van der Waals surface area contributed by atoms with Gasteiger partial charge in [-0.15, -0.1) is 0 Å². The zero-order chi connectivity index (χ0) is 13.8. The smallest absolute Gasteiger partial charge is 0.0969 e. The van der Waals surface area contributed by atoms with Crippen LogP contribution in [0.3, 0.4) is 0 Å². The first kappa shape index (κ1) is 13.4. The summed E-state index contributed by atoms with van der Waals surface area (Å²) < 4.78 is 1.90. The number of nitrogens with zero attached hydrogens (tertiary/aromatic N) is 2. The number of imidazole rings is 1. The van der Waals surface area contributed by atoms with Crippen LogP contribution in [0, 0.1) is 0 Å². The molecule has 2 aromatic rings. The molecule has 1 aromatic carbocycles. The summed E-state index contributed by atoms with van der Waals surface area (Å²) in [6, 6.07) is 8.54. The second-order valence-electron chi connectivity index (χ2n) is 5.78. The number of aromatic nitrogens is 2. The van der Waals surface area contributed by atoms with Gasteiger partial charge < -0.3 is 9.67 Å². The summed E-state index contributed by atoms with van der Waals surface area (Å²) in [6.45, 7) is 0.558. The molecule has 1 N–H and O–H groups in total. The molecule has 106 valence electrons. The highest BCUT2D eigenvalue weighted by Crippen LogP contribution is 2.33. The average molecular weight is 270 g/mol. The third kappa shape index (κ3) is 3.10. The minimum Gasteiger partial charge on any atom is -0.387 e. The van der Waals surface area contributed by atoms with E-state index in [4.69, 9.17) is 0 Å². The summed E-state index contributed by atoms with van der Waals surface area (Å²) in [5, 5.41) is 10.2. The molecular formula is C17H22N2O. The van der Waals surface area contributed by atoms with Crippen LogP contribution in [0.5, 0.6) is 0 Å². The molecular weight excluding hydrogens is 248 g/mol. The Labute approximate surface area is 120 Å². The Kier molecular flexibility index (Phi) is 4.16. The molecule has 1 atom stereocenters. The molecule has 0 aliphatic heterocycles. The van der Waals surface area contributed by atoms with Gasteiger partial charge in [0.25, 0.3) is 0 Å². The number of hydrogen-bond donors (Lipinski definition) is 1. The average Bonchev–Trinajstić information content (AvgIpc) is 3.01. The van der Waals surface area contributed by atoms with Crippen LogP contribution in [0.15, 0.2) is 43.0 Å². The van der Waals surface area contributed by atoms with Crippen LogP contribution >= 0.6 is 0 Å². The van der Waals surface area contributed by atoms with Gasteiger partial charge in [0, 0.05) is 12.4 Å². The van der Waals surface area contributed by atoms with Crippen LogP contribution < -0.4 is 0 Å². The molecule has 20 heavy (non-hydrogen) atoms. The lowest BCUT2D eigenvalue weighted by Gasteiger charge is -2.22. The fourth-order valence-corrected chi connectivity index (χ4v) is 3.13. The largest absolute Gasteiger partial charge is 0.387 e. The van der Waals surface area contributed by atoms with Gasteiger partial charge in [0.2, 0.25) is 0 Å². The maximum Gasteiger partial charge on any atom is 0.0969 e. The van der Waals surface area contributed by atoms with Crippen molar-refractivity contribution in [1.82, 2.24) is 9.55 Å². The van der Waals surface area contributed by atoms with E-state index in [1.165, 1.54) is 37.7 Å². The number of hydrogen-bond acceptors (Lipinski definition) is 2. The van der Waals surface area contributed by atoms with Gasteiger partial charge in [-0.05, 0) is 29.9 Å². The van der Waals surface area contributed by atoms with Crippen molar-refractivity contribution in [2.75, 3.05) is 0 Å². The molecule has 1 saturated carbocycles. The molecule has 1 heterocycles. The number of rotatable bonds is 4. The standard InChI is InChI=1S/C17H22N2O/c20-17(12-19-11-10-18-13-19)16-8-6-15(7-9-16)14-4-2-1-3-5-14/h6-11,13-14,17,20H,1-5,12H2/t17-/m1/s1. The summed E-state index contributed by atoms with van der Waals surface area (Å²) in [5.41, 5.74) is 2.42. The molecule has 0 unspecified atom stereocenters. The Hall–Kier alpha value is -1.61. The number of aliphatic hydroxyl groups excluding tert-OH is 1. The highest BCUT2D eigenvalue weighted by molar-refractivity contribution is 5.27. The molecule has 3 heteroatoms. The first-order chi connectivity index (χ1) is 9.83. The van der Waals surface area contributed by atoms with Gasteiger partial charge in [0.05, 0.1) is 19.0 Å². The van der Waals surface area contributed by atoms with Crippen molar-refractivity contribution < 1.29 is 5.11 Å². The lowest BCUT2D eigenvalue weighted by Crippen LogP contribution is -2.08. The van der Waals surface area contributed by atoms with E-state index < -0.39 is 6.10 Å². The van der Waals surface area contributed by atoms with Gasteiger partial charge in [0.1, 0.15) is 0 Å². The Morgan fingerprint density at radius 1 is 1.15 bits per heavy atom. The molecule has 1 fully saturated rings. The first-order valence-electron chi connectivity index (χ1n) is 7.56. The van der Waals surface area contributed by atoms with Crippen molar-refractivity contribution in [3.8, 4) is 0 Å². The topological polar surface area (TPSA) is 38.0 Å². The van der Waals surface area contributed by atoms with Crippen LogP contribution in [0.2, 0.25) is 0 Å². The van der Waals surface area contributed by atoms with Gasteiger partial charge in [-0.2, -0.15) is 0 Å². The Bertz CT molecular complexity index is 512. The molecule has 0 bridgehead atoms.